The number of benzene rings is 1. The summed E-state index contributed by atoms with van der Waals surface area (Å²) in [6, 6.07) is 21.0. The second-order valence-electron chi connectivity index (χ2n) is 8.40. The van der Waals surface area contributed by atoms with Crippen LogP contribution in [0.2, 0.25) is 0 Å². The van der Waals surface area contributed by atoms with E-state index in [1.54, 1.807) is 4.68 Å². The van der Waals surface area contributed by atoms with Gasteiger partial charge in [0.1, 0.15) is 5.82 Å². The Morgan fingerprint density at radius 3 is 2.42 bits per heavy atom. The summed E-state index contributed by atoms with van der Waals surface area (Å²) < 4.78 is 3.91. The van der Waals surface area contributed by atoms with Crippen molar-refractivity contribution in [1.29, 1.82) is 0 Å². The first-order valence-electron chi connectivity index (χ1n) is 10.8. The van der Waals surface area contributed by atoms with Crippen LogP contribution in [-0.4, -0.2) is 63.1 Å². The van der Waals surface area contributed by atoms with Crippen LogP contribution in [0.1, 0.15) is 23.3 Å². The van der Waals surface area contributed by atoms with E-state index < -0.39 is 0 Å². The van der Waals surface area contributed by atoms with Crippen LogP contribution in [0, 0.1) is 0 Å². The number of aromatic nitrogens is 3. The van der Waals surface area contributed by atoms with Gasteiger partial charge in [-0.3, -0.25) is 4.79 Å². The molecule has 0 bridgehead atoms. The van der Waals surface area contributed by atoms with Gasteiger partial charge in [-0.15, -0.1) is 0 Å². The highest BCUT2D eigenvalue weighted by Gasteiger charge is 2.26. The number of carbonyl (C=O) groups is 1. The zero-order valence-electron chi connectivity index (χ0n) is 18.0. The van der Waals surface area contributed by atoms with E-state index in [1.807, 2.05) is 41.4 Å². The summed E-state index contributed by atoms with van der Waals surface area (Å²) in [7, 11) is 4.21. The number of hydrogen-bond donors (Lipinski definition) is 0. The van der Waals surface area contributed by atoms with Crippen molar-refractivity contribution in [3.05, 3.63) is 78.8 Å². The molecule has 0 unspecified atom stereocenters. The average Bonchev–Trinajstić information content (AvgIpc) is 3.46. The third kappa shape index (κ3) is 3.75. The number of likely N-dealkylation sites (tertiary alicyclic amines) is 1. The number of carbonyl (C=O) groups excluding carboxylic acids is 1. The van der Waals surface area contributed by atoms with Gasteiger partial charge >= 0.3 is 0 Å². The van der Waals surface area contributed by atoms with Crippen LogP contribution in [0.3, 0.4) is 0 Å². The van der Waals surface area contributed by atoms with E-state index in [0.717, 1.165) is 42.8 Å². The molecule has 158 valence electrons. The molecule has 0 radical (unpaired) electrons. The Bertz CT molecular complexity index is 1200. The van der Waals surface area contributed by atoms with Crippen LogP contribution >= 0.6 is 0 Å². The second-order valence-corrected chi connectivity index (χ2v) is 8.40. The van der Waals surface area contributed by atoms with E-state index in [9.17, 15) is 4.79 Å². The highest BCUT2D eigenvalue weighted by molar-refractivity contribution is 5.92. The minimum absolute atomic E-state index is 0.0155. The van der Waals surface area contributed by atoms with Crippen molar-refractivity contribution >= 4 is 11.4 Å². The lowest BCUT2D eigenvalue weighted by Crippen LogP contribution is -2.44. The molecule has 4 heterocycles. The first kappa shape index (κ1) is 19.6. The lowest BCUT2D eigenvalue weighted by atomic mass is 10.0. The van der Waals surface area contributed by atoms with Gasteiger partial charge in [0.15, 0.2) is 5.69 Å². The standard InChI is InChI=1S/C25H27N5O/c1-27(2)21-12-15-28(16-13-21)25(31)23-14-17-30(26-23)24-11-10-22-9-8-20(18-29(22)24)19-6-4-3-5-7-19/h3-11,14,17-18,21H,12-13,15-16H2,1-2H3. The van der Waals surface area contributed by atoms with E-state index in [1.165, 1.54) is 5.56 Å². The van der Waals surface area contributed by atoms with Crippen molar-refractivity contribution in [2.75, 3.05) is 27.2 Å². The number of piperidine rings is 1. The maximum absolute atomic E-state index is 13.0. The molecule has 0 N–H and O–H groups in total. The first-order chi connectivity index (χ1) is 15.1. The molecule has 1 aliphatic rings. The van der Waals surface area contributed by atoms with Crippen molar-refractivity contribution in [1.82, 2.24) is 24.0 Å². The normalized spacial score (nSPS) is 15.1. The summed E-state index contributed by atoms with van der Waals surface area (Å²) in [5.41, 5.74) is 3.89. The number of rotatable bonds is 4. The molecule has 1 amide bonds. The monoisotopic (exact) mass is 413 g/mol. The molecule has 6 heteroatoms. The quantitative estimate of drug-likeness (QED) is 0.509. The van der Waals surface area contributed by atoms with Crippen molar-refractivity contribution in [3.63, 3.8) is 0 Å². The molecule has 1 fully saturated rings. The van der Waals surface area contributed by atoms with E-state index in [-0.39, 0.29) is 5.91 Å². The maximum atomic E-state index is 13.0. The fourth-order valence-electron chi connectivity index (χ4n) is 4.39. The SMILES string of the molecule is CN(C)C1CCN(C(=O)c2ccn(-c3ccc4ccc(-c5ccccc5)cn34)n2)CC1. The summed E-state index contributed by atoms with van der Waals surface area (Å²) in [5.74, 6) is 0.930. The summed E-state index contributed by atoms with van der Waals surface area (Å²) in [5, 5.41) is 4.63. The van der Waals surface area contributed by atoms with Crippen LogP contribution in [-0.2, 0) is 0 Å². The van der Waals surface area contributed by atoms with Gasteiger partial charge in [0.2, 0.25) is 0 Å². The fourth-order valence-corrected chi connectivity index (χ4v) is 4.39. The zero-order valence-corrected chi connectivity index (χ0v) is 18.0. The lowest BCUT2D eigenvalue weighted by molar-refractivity contribution is 0.0657. The molecule has 0 aliphatic carbocycles. The molecule has 3 aromatic heterocycles. The van der Waals surface area contributed by atoms with Gasteiger partial charge in [-0.05, 0) is 62.3 Å². The predicted molar refractivity (Wildman–Crippen MR) is 123 cm³/mol. The summed E-state index contributed by atoms with van der Waals surface area (Å²) >= 11 is 0. The Hall–Kier alpha value is -3.38. The molecule has 6 nitrogen and oxygen atoms in total. The van der Waals surface area contributed by atoms with Crippen LogP contribution < -0.4 is 0 Å². The van der Waals surface area contributed by atoms with E-state index in [4.69, 9.17) is 0 Å². The van der Waals surface area contributed by atoms with Gasteiger partial charge in [-0.1, -0.05) is 36.4 Å². The zero-order chi connectivity index (χ0) is 21.4. The van der Waals surface area contributed by atoms with Gasteiger partial charge in [0.25, 0.3) is 5.91 Å². The minimum Gasteiger partial charge on any atom is -0.337 e. The summed E-state index contributed by atoms with van der Waals surface area (Å²) in [6.07, 6.45) is 6.00. The molecular formula is C25H27N5O. The van der Waals surface area contributed by atoms with Crippen LogP contribution in [0.15, 0.2) is 73.1 Å². The fraction of sp³-hybridized carbons (Fsp3) is 0.280. The summed E-state index contributed by atoms with van der Waals surface area (Å²) in [6.45, 7) is 1.56. The molecule has 0 atom stereocenters. The average molecular weight is 414 g/mol. The van der Waals surface area contributed by atoms with E-state index in [0.29, 0.717) is 11.7 Å². The molecule has 5 rings (SSSR count). The smallest absolute Gasteiger partial charge is 0.274 e. The Labute approximate surface area is 182 Å². The molecule has 0 spiro atoms. The van der Waals surface area contributed by atoms with Crippen molar-refractivity contribution < 1.29 is 4.79 Å². The largest absolute Gasteiger partial charge is 0.337 e. The maximum Gasteiger partial charge on any atom is 0.274 e. The number of hydrogen-bond acceptors (Lipinski definition) is 3. The summed E-state index contributed by atoms with van der Waals surface area (Å²) in [4.78, 5) is 17.2. The number of fused-ring (bicyclic) bond motifs is 1. The second kappa shape index (κ2) is 8.04. The van der Waals surface area contributed by atoms with Crippen LogP contribution in [0.25, 0.3) is 22.5 Å². The van der Waals surface area contributed by atoms with Gasteiger partial charge in [-0.25, -0.2) is 4.68 Å². The Morgan fingerprint density at radius 1 is 0.935 bits per heavy atom. The highest BCUT2D eigenvalue weighted by atomic mass is 16.2. The van der Waals surface area contributed by atoms with E-state index >= 15 is 0 Å². The van der Waals surface area contributed by atoms with Crippen LogP contribution in [0.4, 0.5) is 0 Å². The molecule has 4 aromatic rings. The third-order valence-corrected chi connectivity index (χ3v) is 6.26. The topological polar surface area (TPSA) is 45.8 Å². The molecule has 1 aliphatic heterocycles. The van der Waals surface area contributed by atoms with Gasteiger partial charge in [0.05, 0.1) is 0 Å². The molecule has 0 saturated carbocycles. The van der Waals surface area contributed by atoms with Crippen molar-refractivity contribution in [2.24, 2.45) is 0 Å². The van der Waals surface area contributed by atoms with Gasteiger partial charge in [-0.2, -0.15) is 5.10 Å². The molecule has 1 saturated heterocycles. The van der Waals surface area contributed by atoms with Gasteiger partial charge < -0.3 is 14.2 Å². The first-order valence-corrected chi connectivity index (χ1v) is 10.8. The lowest BCUT2D eigenvalue weighted by Gasteiger charge is -2.34. The number of amides is 1. The Kier molecular flexibility index (Phi) is 5.08. The van der Waals surface area contributed by atoms with Crippen molar-refractivity contribution in [3.8, 4) is 16.9 Å². The molecule has 31 heavy (non-hydrogen) atoms. The van der Waals surface area contributed by atoms with Crippen molar-refractivity contribution in [2.45, 2.75) is 18.9 Å². The molecule has 1 aromatic carbocycles. The Balaban J connectivity index is 1.40. The van der Waals surface area contributed by atoms with Crippen LogP contribution in [0.5, 0.6) is 0 Å². The molecular weight excluding hydrogens is 386 g/mol. The highest BCUT2D eigenvalue weighted by Crippen LogP contribution is 2.23. The Morgan fingerprint density at radius 2 is 1.68 bits per heavy atom. The van der Waals surface area contributed by atoms with Gasteiger partial charge in [0, 0.05) is 37.0 Å². The third-order valence-electron chi connectivity index (χ3n) is 6.26. The number of pyridine rings is 1. The number of nitrogens with zero attached hydrogens (tertiary/aromatic N) is 5. The minimum atomic E-state index is 0.0155. The predicted octanol–water partition coefficient (Wildman–Crippen LogP) is 3.96. The van der Waals surface area contributed by atoms with E-state index in [2.05, 4.69) is 65.0 Å².